The number of amides is 1. The summed E-state index contributed by atoms with van der Waals surface area (Å²) in [5, 5.41) is 2.86. The minimum atomic E-state index is -3.53. The second kappa shape index (κ2) is 9.96. The number of nitrogens with zero attached hydrogens (tertiary/aromatic N) is 2. The Bertz CT molecular complexity index is 1260. The van der Waals surface area contributed by atoms with Gasteiger partial charge >= 0.3 is 0 Å². The average Bonchev–Trinajstić information content (AvgIpc) is 3.08. The van der Waals surface area contributed by atoms with Crippen molar-refractivity contribution in [1.29, 1.82) is 0 Å². The highest BCUT2D eigenvalue weighted by atomic mass is 32.2. The summed E-state index contributed by atoms with van der Waals surface area (Å²) in [7, 11) is -3.53. The SMILES string of the molecule is CC(C)NS(=O)(=O)Cc1ccccc1CNC(=O)C(C(C)C)n1cnc2cc(F)c(F)cc21. The van der Waals surface area contributed by atoms with Gasteiger partial charge in [0.05, 0.1) is 23.1 Å². The minimum absolute atomic E-state index is 0.116. The molecule has 3 rings (SSSR count). The van der Waals surface area contributed by atoms with Gasteiger partial charge in [0.1, 0.15) is 6.04 Å². The van der Waals surface area contributed by atoms with E-state index in [9.17, 15) is 22.0 Å². The standard InChI is InChI=1S/C23H28F2N4O3S/c1-14(2)22(29-13-27-20-9-18(24)19(25)10-21(20)29)23(30)26-11-16-7-5-6-8-17(16)12-33(31,32)28-15(3)4/h5-10,13-15,22,28H,11-12H2,1-4H3,(H,26,30). The van der Waals surface area contributed by atoms with Crippen molar-refractivity contribution in [3.05, 3.63) is 65.5 Å². The summed E-state index contributed by atoms with van der Waals surface area (Å²) < 4.78 is 56.2. The molecule has 0 bridgehead atoms. The van der Waals surface area contributed by atoms with E-state index in [2.05, 4.69) is 15.0 Å². The van der Waals surface area contributed by atoms with E-state index in [0.717, 1.165) is 12.1 Å². The number of aromatic nitrogens is 2. The highest BCUT2D eigenvalue weighted by molar-refractivity contribution is 7.88. The van der Waals surface area contributed by atoms with Crippen molar-refractivity contribution in [2.24, 2.45) is 5.92 Å². The van der Waals surface area contributed by atoms with E-state index in [4.69, 9.17) is 0 Å². The molecule has 0 aliphatic rings. The smallest absolute Gasteiger partial charge is 0.243 e. The molecule has 0 saturated heterocycles. The van der Waals surface area contributed by atoms with Crippen LogP contribution in [0.1, 0.15) is 44.9 Å². The van der Waals surface area contributed by atoms with Crippen molar-refractivity contribution in [2.45, 2.75) is 52.1 Å². The first kappa shape index (κ1) is 24.8. The first-order valence-electron chi connectivity index (χ1n) is 10.6. The van der Waals surface area contributed by atoms with Gasteiger partial charge in [-0.15, -0.1) is 0 Å². The summed E-state index contributed by atoms with van der Waals surface area (Å²) in [6.07, 6.45) is 1.39. The van der Waals surface area contributed by atoms with Crippen molar-refractivity contribution in [3.8, 4) is 0 Å². The van der Waals surface area contributed by atoms with Gasteiger partial charge in [0.15, 0.2) is 11.6 Å². The number of hydrogen-bond donors (Lipinski definition) is 2. The Kier molecular flexibility index (Phi) is 7.48. The number of nitrogens with one attached hydrogen (secondary N) is 2. The number of sulfonamides is 1. The molecule has 1 unspecified atom stereocenters. The van der Waals surface area contributed by atoms with E-state index >= 15 is 0 Å². The fourth-order valence-electron chi connectivity index (χ4n) is 3.76. The minimum Gasteiger partial charge on any atom is -0.350 e. The molecule has 0 saturated carbocycles. The summed E-state index contributed by atoms with van der Waals surface area (Å²) >= 11 is 0. The van der Waals surface area contributed by atoms with E-state index in [1.165, 1.54) is 10.9 Å². The normalized spacial score (nSPS) is 13.1. The Morgan fingerprint density at radius 3 is 2.33 bits per heavy atom. The third-order valence-electron chi connectivity index (χ3n) is 5.15. The van der Waals surface area contributed by atoms with Gasteiger partial charge in [0, 0.05) is 24.7 Å². The Labute approximate surface area is 192 Å². The summed E-state index contributed by atoms with van der Waals surface area (Å²) in [6, 6.07) is 8.06. The first-order chi connectivity index (χ1) is 15.5. The highest BCUT2D eigenvalue weighted by Crippen LogP contribution is 2.26. The Balaban J connectivity index is 1.82. The molecule has 0 fully saturated rings. The lowest BCUT2D eigenvalue weighted by atomic mass is 10.0. The first-order valence-corrected chi connectivity index (χ1v) is 12.3. The predicted octanol–water partition coefficient (Wildman–Crippen LogP) is 3.66. The summed E-state index contributed by atoms with van der Waals surface area (Å²) in [5.74, 6) is -2.75. The molecule has 3 aromatic rings. The molecule has 33 heavy (non-hydrogen) atoms. The van der Waals surface area contributed by atoms with Gasteiger partial charge in [-0.25, -0.2) is 26.9 Å². The molecule has 0 spiro atoms. The van der Waals surface area contributed by atoms with Crippen LogP contribution < -0.4 is 10.0 Å². The second-order valence-corrected chi connectivity index (χ2v) is 10.4. The van der Waals surface area contributed by atoms with Crippen molar-refractivity contribution >= 4 is 27.0 Å². The zero-order valence-corrected chi connectivity index (χ0v) is 19.8. The lowest BCUT2D eigenvalue weighted by Gasteiger charge is -2.23. The van der Waals surface area contributed by atoms with Gasteiger partial charge in [-0.2, -0.15) is 0 Å². The van der Waals surface area contributed by atoms with E-state index in [1.54, 1.807) is 38.1 Å². The lowest BCUT2D eigenvalue weighted by molar-refractivity contribution is -0.125. The van der Waals surface area contributed by atoms with Gasteiger partial charge in [0.2, 0.25) is 15.9 Å². The van der Waals surface area contributed by atoms with Crippen molar-refractivity contribution in [1.82, 2.24) is 19.6 Å². The number of imidazole rings is 1. The molecule has 2 aromatic carbocycles. The van der Waals surface area contributed by atoms with Crippen LogP contribution in [0.15, 0.2) is 42.7 Å². The lowest BCUT2D eigenvalue weighted by Crippen LogP contribution is -2.35. The summed E-state index contributed by atoms with van der Waals surface area (Å²) in [4.78, 5) is 17.2. The molecule has 1 aromatic heterocycles. The largest absolute Gasteiger partial charge is 0.350 e. The van der Waals surface area contributed by atoms with E-state index in [0.29, 0.717) is 16.6 Å². The van der Waals surface area contributed by atoms with Crippen LogP contribution in [0.25, 0.3) is 11.0 Å². The second-order valence-electron chi connectivity index (χ2n) is 8.61. The average molecular weight is 479 g/mol. The molecule has 10 heteroatoms. The molecule has 2 N–H and O–H groups in total. The summed E-state index contributed by atoms with van der Waals surface area (Å²) in [5.41, 5.74) is 1.82. The Morgan fingerprint density at radius 1 is 1.06 bits per heavy atom. The molecule has 0 radical (unpaired) electrons. The zero-order valence-electron chi connectivity index (χ0n) is 19.0. The maximum Gasteiger partial charge on any atom is 0.243 e. The van der Waals surface area contributed by atoms with Gasteiger partial charge in [0.25, 0.3) is 0 Å². The van der Waals surface area contributed by atoms with Crippen LogP contribution in [0.4, 0.5) is 8.78 Å². The van der Waals surface area contributed by atoms with Gasteiger partial charge in [-0.05, 0) is 30.9 Å². The number of carbonyl (C=O) groups excluding carboxylic acids is 1. The quantitative estimate of drug-likeness (QED) is 0.491. The molecule has 0 aliphatic heterocycles. The molecular weight excluding hydrogens is 450 g/mol. The number of halogens is 2. The summed E-state index contributed by atoms with van der Waals surface area (Å²) in [6.45, 7) is 7.29. The van der Waals surface area contributed by atoms with Crippen LogP contribution in [0.5, 0.6) is 0 Å². The number of carbonyl (C=O) groups is 1. The van der Waals surface area contributed by atoms with Crippen molar-refractivity contribution < 1.29 is 22.0 Å². The topological polar surface area (TPSA) is 93.1 Å². The van der Waals surface area contributed by atoms with Crippen LogP contribution in [0.3, 0.4) is 0 Å². The van der Waals surface area contributed by atoms with Crippen LogP contribution in [0, 0.1) is 17.6 Å². The monoisotopic (exact) mass is 478 g/mol. The predicted molar refractivity (Wildman–Crippen MR) is 123 cm³/mol. The highest BCUT2D eigenvalue weighted by Gasteiger charge is 2.26. The zero-order chi connectivity index (χ0) is 24.3. The van der Waals surface area contributed by atoms with E-state index in [-0.39, 0.29) is 35.7 Å². The van der Waals surface area contributed by atoms with Crippen molar-refractivity contribution in [3.63, 3.8) is 0 Å². The fourth-order valence-corrected chi connectivity index (χ4v) is 5.25. The number of rotatable bonds is 9. The van der Waals surface area contributed by atoms with Crippen LogP contribution in [-0.2, 0) is 27.1 Å². The van der Waals surface area contributed by atoms with Gasteiger partial charge in [-0.3, -0.25) is 4.79 Å². The molecular formula is C23H28F2N4O3S. The molecule has 0 aliphatic carbocycles. The number of hydrogen-bond acceptors (Lipinski definition) is 4. The maximum atomic E-state index is 13.8. The molecule has 1 heterocycles. The van der Waals surface area contributed by atoms with Crippen LogP contribution in [-0.4, -0.2) is 29.9 Å². The molecule has 1 amide bonds. The van der Waals surface area contributed by atoms with Crippen LogP contribution >= 0.6 is 0 Å². The Morgan fingerprint density at radius 2 is 1.70 bits per heavy atom. The number of benzene rings is 2. The van der Waals surface area contributed by atoms with E-state index in [1.807, 2.05) is 13.8 Å². The van der Waals surface area contributed by atoms with Crippen molar-refractivity contribution in [2.75, 3.05) is 0 Å². The molecule has 7 nitrogen and oxygen atoms in total. The van der Waals surface area contributed by atoms with E-state index < -0.39 is 27.7 Å². The number of fused-ring (bicyclic) bond motifs is 1. The molecule has 178 valence electrons. The van der Waals surface area contributed by atoms with Gasteiger partial charge in [-0.1, -0.05) is 38.1 Å². The Hall–Kier alpha value is -2.85. The molecule has 1 atom stereocenters. The van der Waals surface area contributed by atoms with Crippen LogP contribution in [0.2, 0.25) is 0 Å². The third-order valence-corrected chi connectivity index (χ3v) is 6.67. The third kappa shape index (κ3) is 5.94. The van der Waals surface area contributed by atoms with Gasteiger partial charge < -0.3 is 9.88 Å². The fraction of sp³-hybridized carbons (Fsp3) is 0.391. The maximum absolute atomic E-state index is 13.8.